The number of rotatable bonds is 6. The van der Waals surface area contributed by atoms with E-state index in [1.165, 1.54) is 24.0 Å². The molecule has 1 aliphatic carbocycles. The summed E-state index contributed by atoms with van der Waals surface area (Å²) >= 11 is 0. The van der Waals surface area contributed by atoms with Crippen molar-refractivity contribution >= 4 is 29.9 Å². The minimum atomic E-state index is -0.674. The zero-order valence-electron chi connectivity index (χ0n) is 25.6. The Morgan fingerprint density at radius 2 is 1.72 bits per heavy atom. The first-order valence-corrected chi connectivity index (χ1v) is 15.9. The highest BCUT2D eigenvalue weighted by Crippen LogP contribution is 2.45. The van der Waals surface area contributed by atoms with E-state index in [0.717, 1.165) is 64.0 Å². The van der Waals surface area contributed by atoms with Crippen LogP contribution >= 0.6 is 12.4 Å². The number of β-amino-alcohol motifs (C(OH)–C–C–N with tert-alkyl or cyclic N) is 1. The minimum Gasteiger partial charge on any atom is -0.390 e. The summed E-state index contributed by atoms with van der Waals surface area (Å²) in [5, 5.41) is 14.6. The van der Waals surface area contributed by atoms with Crippen molar-refractivity contribution in [3.05, 3.63) is 64.7 Å². The smallest absolute Gasteiger partial charge is 0.256 e. The molecule has 0 bridgehead atoms. The Morgan fingerprint density at radius 3 is 2.42 bits per heavy atom. The predicted octanol–water partition coefficient (Wildman–Crippen LogP) is 4.28. The van der Waals surface area contributed by atoms with Crippen LogP contribution in [0.1, 0.15) is 77.3 Å². The molecule has 8 nitrogen and oxygen atoms in total. The number of nitrogens with zero attached hydrogens (tertiary/aromatic N) is 3. The van der Waals surface area contributed by atoms with Crippen molar-refractivity contribution < 1.29 is 19.4 Å². The topological polar surface area (TPSA) is 85.3 Å². The number of carbonyl (C=O) groups is 2. The van der Waals surface area contributed by atoms with Gasteiger partial charge in [-0.25, -0.2) is 0 Å². The number of benzene rings is 2. The summed E-state index contributed by atoms with van der Waals surface area (Å²) in [5.74, 6) is -0.0244. The number of amides is 2. The van der Waals surface area contributed by atoms with Gasteiger partial charge in [-0.1, -0.05) is 24.3 Å². The van der Waals surface area contributed by atoms with Gasteiger partial charge in [0.2, 0.25) is 0 Å². The molecule has 0 aromatic heterocycles. The van der Waals surface area contributed by atoms with E-state index in [0.29, 0.717) is 35.7 Å². The highest BCUT2D eigenvalue weighted by Gasteiger charge is 2.39. The Bertz CT molecular complexity index is 1290. The molecule has 1 saturated carbocycles. The lowest BCUT2D eigenvalue weighted by Gasteiger charge is -2.45. The van der Waals surface area contributed by atoms with Gasteiger partial charge in [0, 0.05) is 64.5 Å². The van der Waals surface area contributed by atoms with Crippen LogP contribution in [0.5, 0.6) is 0 Å². The number of hydrogen-bond acceptors (Lipinski definition) is 6. The van der Waals surface area contributed by atoms with Gasteiger partial charge in [-0.05, 0) is 86.6 Å². The predicted molar refractivity (Wildman–Crippen MR) is 171 cm³/mol. The van der Waals surface area contributed by atoms with Crippen molar-refractivity contribution in [3.8, 4) is 0 Å². The number of nitrogens with one attached hydrogen (secondary N) is 1. The molecule has 2 atom stereocenters. The second kappa shape index (κ2) is 13.6. The molecule has 4 aliphatic rings. The van der Waals surface area contributed by atoms with Crippen LogP contribution < -0.4 is 10.2 Å². The van der Waals surface area contributed by atoms with Gasteiger partial charge in [0.25, 0.3) is 11.8 Å². The number of hydrogen-bond donors (Lipinski definition) is 2. The number of aliphatic hydroxyl groups is 1. The molecule has 43 heavy (non-hydrogen) atoms. The number of piperidine rings is 1. The molecule has 1 spiro atoms. The third-order valence-electron chi connectivity index (χ3n) is 10.5. The van der Waals surface area contributed by atoms with Crippen LogP contribution in [0.15, 0.2) is 42.5 Å². The number of aliphatic hydroxyl groups excluding tert-OH is 1. The molecule has 2 aromatic rings. The van der Waals surface area contributed by atoms with Crippen molar-refractivity contribution in [3.63, 3.8) is 0 Å². The normalized spacial score (nSPS) is 22.8. The van der Waals surface area contributed by atoms with Gasteiger partial charge in [0.1, 0.15) is 0 Å². The van der Waals surface area contributed by atoms with E-state index in [1.54, 1.807) is 4.90 Å². The average molecular weight is 611 g/mol. The SMILES string of the molecule is CCN1CCN(CC(O)C2Cc3ccccc3CN2)C(=O)c2ccc(C(=O)N3CCC4(CCC(OC)CC4)CC3)cc21.Cl. The molecule has 2 unspecified atom stereocenters. The number of anilines is 1. The third-order valence-corrected chi connectivity index (χ3v) is 10.5. The van der Waals surface area contributed by atoms with E-state index < -0.39 is 6.10 Å². The average Bonchev–Trinajstić information content (AvgIpc) is 3.16. The number of likely N-dealkylation sites (tertiary alicyclic amines) is 1. The lowest BCUT2D eigenvalue weighted by molar-refractivity contribution is -0.00129. The summed E-state index contributed by atoms with van der Waals surface area (Å²) < 4.78 is 5.58. The zero-order valence-corrected chi connectivity index (χ0v) is 26.4. The molecular formula is C34H47ClN4O4. The summed E-state index contributed by atoms with van der Waals surface area (Å²) in [4.78, 5) is 33.4. The summed E-state index contributed by atoms with van der Waals surface area (Å²) in [7, 11) is 1.81. The molecule has 3 aliphatic heterocycles. The maximum Gasteiger partial charge on any atom is 0.256 e. The number of halogens is 1. The molecule has 2 aromatic carbocycles. The van der Waals surface area contributed by atoms with Crippen LogP contribution in [-0.4, -0.2) is 91.3 Å². The minimum absolute atomic E-state index is 0. The van der Waals surface area contributed by atoms with Crippen molar-refractivity contribution in [2.45, 2.75) is 76.7 Å². The van der Waals surface area contributed by atoms with Crippen molar-refractivity contribution in [2.75, 3.05) is 51.3 Å². The summed E-state index contributed by atoms with van der Waals surface area (Å²) in [6.07, 6.45) is 7.19. The first kappa shape index (κ1) is 31.8. The van der Waals surface area contributed by atoms with Gasteiger partial charge in [0.05, 0.1) is 23.5 Å². The quantitative estimate of drug-likeness (QED) is 0.508. The number of likely N-dealkylation sites (N-methyl/N-ethyl adjacent to an activating group) is 1. The largest absolute Gasteiger partial charge is 0.390 e. The molecule has 3 heterocycles. The molecule has 234 valence electrons. The molecule has 9 heteroatoms. The van der Waals surface area contributed by atoms with Crippen molar-refractivity contribution in [1.82, 2.24) is 15.1 Å². The first-order chi connectivity index (χ1) is 20.4. The van der Waals surface area contributed by atoms with Crippen LogP contribution in [0.3, 0.4) is 0 Å². The van der Waals surface area contributed by atoms with Crippen LogP contribution in [-0.2, 0) is 17.7 Å². The lowest BCUT2D eigenvalue weighted by atomic mass is 9.67. The fraction of sp³-hybridized carbons (Fsp3) is 0.588. The van der Waals surface area contributed by atoms with E-state index in [2.05, 4.69) is 29.3 Å². The van der Waals surface area contributed by atoms with Crippen LogP contribution in [0.4, 0.5) is 5.69 Å². The number of methoxy groups -OCH3 is 1. The van der Waals surface area contributed by atoms with Crippen molar-refractivity contribution in [2.24, 2.45) is 5.41 Å². The van der Waals surface area contributed by atoms with Gasteiger partial charge in [-0.15, -0.1) is 12.4 Å². The van der Waals surface area contributed by atoms with E-state index in [4.69, 9.17) is 4.74 Å². The Balaban J connectivity index is 0.00000368. The summed E-state index contributed by atoms with van der Waals surface area (Å²) in [6.45, 7) is 6.59. The summed E-state index contributed by atoms with van der Waals surface area (Å²) in [6, 6.07) is 13.8. The Labute approximate surface area is 262 Å². The molecule has 6 rings (SSSR count). The van der Waals surface area contributed by atoms with Gasteiger partial charge in [0.15, 0.2) is 0 Å². The molecular weight excluding hydrogens is 564 g/mol. The standard InChI is InChI=1S/C34H46N4O4.ClH/c1-3-36-18-19-38(23-31(39)29-20-24-6-4-5-7-26(24)22-35-29)33(41)28-9-8-25(21-30(28)36)32(40)37-16-14-34(15-17-37)12-10-27(42-2)11-13-34;/h4-9,21,27,29,31,35,39H,3,10-20,22-23H2,1-2H3;1H. The van der Waals surface area contributed by atoms with E-state index in [9.17, 15) is 14.7 Å². The molecule has 2 fully saturated rings. The third kappa shape index (κ3) is 6.58. The maximum absolute atomic E-state index is 13.8. The fourth-order valence-corrected chi connectivity index (χ4v) is 7.65. The fourth-order valence-electron chi connectivity index (χ4n) is 7.65. The van der Waals surface area contributed by atoms with Gasteiger partial charge in [-0.3, -0.25) is 9.59 Å². The summed E-state index contributed by atoms with van der Waals surface area (Å²) in [5.41, 5.74) is 4.95. The van der Waals surface area contributed by atoms with Gasteiger partial charge >= 0.3 is 0 Å². The van der Waals surface area contributed by atoms with Crippen LogP contribution in [0.25, 0.3) is 0 Å². The van der Waals surface area contributed by atoms with Crippen LogP contribution in [0, 0.1) is 5.41 Å². The Morgan fingerprint density at radius 1 is 1.02 bits per heavy atom. The number of ether oxygens (including phenoxy) is 1. The van der Waals surface area contributed by atoms with E-state index in [-0.39, 0.29) is 36.8 Å². The monoisotopic (exact) mass is 610 g/mol. The molecule has 2 N–H and O–H groups in total. The second-order valence-corrected chi connectivity index (χ2v) is 12.8. The molecule has 1 saturated heterocycles. The van der Waals surface area contributed by atoms with Crippen LogP contribution in [0.2, 0.25) is 0 Å². The maximum atomic E-state index is 13.8. The highest BCUT2D eigenvalue weighted by molar-refractivity contribution is 6.03. The first-order valence-electron chi connectivity index (χ1n) is 15.9. The van der Waals surface area contributed by atoms with E-state index in [1.807, 2.05) is 42.3 Å². The Kier molecular flexibility index (Phi) is 10.0. The Hall–Kier alpha value is -2.65. The number of carbonyl (C=O) groups excluding carboxylic acids is 2. The van der Waals surface area contributed by atoms with Gasteiger partial charge in [-0.2, -0.15) is 0 Å². The molecule has 2 amide bonds. The zero-order chi connectivity index (χ0) is 29.3. The number of fused-ring (bicyclic) bond motifs is 2. The highest BCUT2D eigenvalue weighted by atomic mass is 35.5. The lowest BCUT2D eigenvalue weighted by Crippen LogP contribution is -2.50. The molecule has 0 radical (unpaired) electrons. The van der Waals surface area contributed by atoms with Crippen molar-refractivity contribution in [1.29, 1.82) is 0 Å². The van der Waals surface area contributed by atoms with E-state index >= 15 is 0 Å². The van der Waals surface area contributed by atoms with Gasteiger partial charge < -0.3 is 29.9 Å². The second-order valence-electron chi connectivity index (χ2n) is 12.8.